The Morgan fingerprint density at radius 3 is 2.41 bits per heavy atom. The van der Waals surface area contributed by atoms with E-state index in [1.165, 1.54) is 24.8 Å². The van der Waals surface area contributed by atoms with Gasteiger partial charge in [0.25, 0.3) is 0 Å². The van der Waals surface area contributed by atoms with E-state index >= 15 is 0 Å². The van der Waals surface area contributed by atoms with Crippen molar-refractivity contribution < 1.29 is 14.6 Å². The Hall–Kier alpha value is -2.79. The number of methoxy groups -OCH3 is 1. The van der Waals surface area contributed by atoms with Crippen molar-refractivity contribution in [1.82, 2.24) is 5.32 Å². The standard InChI is InChI=1S/C29H32BrNO3/c1-34-24-13-10-21(11-14-24)25(26-18-23(30)12-15-27(26)32)19-28(33)31-20-29(16-6-3-7-17-29)22-8-4-2-5-9-22/h2,4-5,8-15,18,25,32H,3,6-7,16-17,19-20H2,1H3,(H,31,33)/t25-/m1/s1. The molecular formula is C29H32BrNO3. The molecule has 34 heavy (non-hydrogen) atoms. The van der Waals surface area contributed by atoms with Gasteiger partial charge in [-0.2, -0.15) is 0 Å². The van der Waals surface area contributed by atoms with Crippen LogP contribution < -0.4 is 10.1 Å². The van der Waals surface area contributed by atoms with Crippen molar-refractivity contribution in [2.45, 2.75) is 49.9 Å². The molecule has 4 nitrogen and oxygen atoms in total. The summed E-state index contributed by atoms with van der Waals surface area (Å²) in [5.74, 6) is 0.654. The van der Waals surface area contributed by atoms with Crippen LogP contribution >= 0.6 is 15.9 Å². The molecule has 0 bridgehead atoms. The highest BCUT2D eigenvalue weighted by Gasteiger charge is 2.34. The van der Waals surface area contributed by atoms with Crippen LogP contribution in [0.5, 0.6) is 11.5 Å². The SMILES string of the molecule is COc1ccc([C@@H](CC(=O)NCC2(c3ccccc3)CCCCC2)c2cc(Br)ccc2O)cc1. The van der Waals surface area contributed by atoms with E-state index in [9.17, 15) is 9.90 Å². The summed E-state index contributed by atoms with van der Waals surface area (Å²) >= 11 is 3.51. The van der Waals surface area contributed by atoms with Gasteiger partial charge < -0.3 is 15.2 Å². The Kier molecular flexibility index (Phi) is 7.94. The third kappa shape index (κ3) is 5.64. The molecule has 178 valence electrons. The number of nitrogens with one attached hydrogen (secondary N) is 1. The zero-order valence-electron chi connectivity index (χ0n) is 19.6. The monoisotopic (exact) mass is 521 g/mol. The Morgan fingerprint density at radius 1 is 1.03 bits per heavy atom. The van der Waals surface area contributed by atoms with Gasteiger partial charge in [0, 0.05) is 34.3 Å². The van der Waals surface area contributed by atoms with Crippen LogP contribution in [0.15, 0.2) is 77.3 Å². The highest BCUT2D eigenvalue weighted by molar-refractivity contribution is 9.10. The second-order valence-electron chi connectivity index (χ2n) is 9.22. The molecule has 1 aliphatic rings. The van der Waals surface area contributed by atoms with Gasteiger partial charge in [0.2, 0.25) is 5.91 Å². The van der Waals surface area contributed by atoms with Gasteiger partial charge in [0.1, 0.15) is 11.5 Å². The normalized spacial score (nSPS) is 15.9. The second-order valence-corrected chi connectivity index (χ2v) is 10.1. The fraction of sp³-hybridized carbons (Fsp3) is 0.345. The van der Waals surface area contributed by atoms with E-state index in [1.807, 2.05) is 36.4 Å². The van der Waals surface area contributed by atoms with E-state index in [0.29, 0.717) is 6.54 Å². The lowest BCUT2D eigenvalue weighted by molar-refractivity contribution is -0.121. The van der Waals surface area contributed by atoms with E-state index in [0.717, 1.165) is 34.2 Å². The summed E-state index contributed by atoms with van der Waals surface area (Å²) in [5, 5.41) is 13.9. The average molecular weight is 522 g/mol. The number of carbonyl (C=O) groups is 1. The number of hydrogen-bond donors (Lipinski definition) is 2. The van der Waals surface area contributed by atoms with Crippen molar-refractivity contribution >= 4 is 21.8 Å². The maximum Gasteiger partial charge on any atom is 0.220 e. The molecule has 0 saturated heterocycles. The molecular weight excluding hydrogens is 490 g/mol. The van der Waals surface area contributed by atoms with Crippen LogP contribution in [-0.4, -0.2) is 24.7 Å². The lowest BCUT2D eigenvalue weighted by Gasteiger charge is -2.38. The third-order valence-corrected chi connectivity index (χ3v) is 7.59. The molecule has 1 fully saturated rings. The van der Waals surface area contributed by atoms with E-state index in [-0.39, 0.29) is 29.4 Å². The van der Waals surface area contributed by atoms with Crippen molar-refractivity contribution in [3.05, 3.63) is 94.0 Å². The average Bonchev–Trinajstić information content (AvgIpc) is 2.89. The molecule has 0 spiro atoms. The summed E-state index contributed by atoms with van der Waals surface area (Å²) in [6, 6.07) is 23.7. The molecule has 1 atom stereocenters. The number of benzene rings is 3. The van der Waals surface area contributed by atoms with Crippen LogP contribution in [0.2, 0.25) is 0 Å². The highest BCUT2D eigenvalue weighted by atomic mass is 79.9. The fourth-order valence-corrected chi connectivity index (χ4v) is 5.54. The summed E-state index contributed by atoms with van der Waals surface area (Å²) < 4.78 is 6.17. The molecule has 0 aromatic heterocycles. The Balaban J connectivity index is 1.56. The van der Waals surface area contributed by atoms with Crippen molar-refractivity contribution in [1.29, 1.82) is 0 Å². The molecule has 4 rings (SSSR count). The molecule has 1 amide bonds. The van der Waals surface area contributed by atoms with Crippen LogP contribution in [0.4, 0.5) is 0 Å². The van der Waals surface area contributed by atoms with Crippen LogP contribution in [0.25, 0.3) is 0 Å². The first-order valence-electron chi connectivity index (χ1n) is 12.0. The first-order valence-corrected chi connectivity index (χ1v) is 12.7. The topological polar surface area (TPSA) is 58.6 Å². The molecule has 2 N–H and O–H groups in total. The molecule has 3 aromatic carbocycles. The molecule has 0 radical (unpaired) electrons. The van der Waals surface area contributed by atoms with Gasteiger partial charge in [-0.1, -0.05) is 77.7 Å². The van der Waals surface area contributed by atoms with E-state index in [2.05, 4.69) is 45.5 Å². The molecule has 3 aromatic rings. The van der Waals surface area contributed by atoms with Gasteiger partial charge >= 0.3 is 0 Å². The van der Waals surface area contributed by atoms with Crippen LogP contribution in [0, 0.1) is 0 Å². The van der Waals surface area contributed by atoms with Gasteiger partial charge in [-0.05, 0) is 54.3 Å². The van der Waals surface area contributed by atoms with Gasteiger partial charge in [-0.3, -0.25) is 4.79 Å². The van der Waals surface area contributed by atoms with Crippen LogP contribution in [0.1, 0.15) is 61.1 Å². The minimum absolute atomic E-state index is 0.0112. The number of phenols is 1. The van der Waals surface area contributed by atoms with Crippen molar-refractivity contribution in [3.63, 3.8) is 0 Å². The summed E-state index contributed by atoms with van der Waals surface area (Å²) in [4.78, 5) is 13.3. The van der Waals surface area contributed by atoms with Gasteiger partial charge in [0.15, 0.2) is 0 Å². The molecule has 0 unspecified atom stereocenters. The number of phenolic OH excluding ortho intramolecular Hbond substituents is 1. The van der Waals surface area contributed by atoms with Gasteiger partial charge in [0.05, 0.1) is 7.11 Å². The third-order valence-electron chi connectivity index (χ3n) is 7.09. The number of aromatic hydroxyl groups is 1. The summed E-state index contributed by atoms with van der Waals surface area (Å²) in [6.45, 7) is 0.635. The van der Waals surface area contributed by atoms with Crippen LogP contribution in [-0.2, 0) is 10.2 Å². The lowest BCUT2D eigenvalue weighted by atomic mass is 9.69. The molecule has 1 aliphatic carbocycles. The molecule has 5 heteroatoms. The maximum absolute atomic E-state index is 13.3. The van der Waals surface area contributed by atoms with Crippen molar-refractivity contribution in [3.8, 4) is 11.5 Å². The Bertz CT molecular complexity index is 1090. The number of hydrogen-bond acceptors (Lipinski definition) is 3. The molecule has 0 heterocycles. The lowest BCUT2D eigenvalue weighted by Crippen LogP contribution is -2.42. The largest absolute Gasteiger partial charge is 0.508 e. The number of amides is 1. The summed E-state index contributed by atoms with van der Waals surface area (Å²) in [5.41, 5.74) is 2.99. The minimum atomic E-state index is -0.276. The number of halogens is 1. The molecule has 0 aliphatic heterocycles. The van der Waals surface area contributed by atoms with Crippen LogP contribution in [0.3, 0.4) is 0 Å². The van der Waals surface area contributed by atoms with Gasteiger partial charge in [-0.25, -0.2) is 0 Å². The first-order chi connectivity index (χ1) is 16.5. The number of carbonyl (C=O) groups excluding carboxylic acids is 1. The zero-order chi connectivity index (χ0) is 24.0. The summed E-state index contributed by atoms with van der Waals surface area (Å²) in [7, 11) is 1.63. The van der Waals surface area contributed by atoms with E-state index < -0.39 is 0 Å². The predicted octanol–water partition coefficient (Wildman–Crippen LogP) is 6.70. The number of ether oxygens (including phenoxy) is 1. The maximum atomic E-state index is 13.3. The van der Waals surface area contributed by atoms with E-state index in [4.69, 9.17) is 4.74 Å². The predicted molar refractivity (Wildman–Crippen MR) is 139 cm³/mol. The Labute approximate surface area is 210 Å². The molecule has 1 saturated carbocycles. The van der Waals surface area contributed by atoms with E-state index in [1.54, 1.807) is 19.2 Å². The van der Waals surface area contributed by atoms with Gasteiger partial charge in [-0.15, -0.1) is 0 Å². The highest BCUT2D eigenvalue weighted by Crippen LogP contribution is 2.40. The summed E-state index contributed by atoms with van der Waals surface area (Å²) in [6.07, 6.45) is 6.05. The quantitative estimate of drug-likeness (QED) is 0.346. The fourth-order valence-electron chi connectivity index (χ4n) is 5.16. The van der Waals surface area contributed by atoms with Crippen molar-refractivity contribution in [2.24, 2.45) is 0 Å². The first kappa shape index (κ1) is 24.3. The number of rotatable bonds is 8. The Morgan fingerprint density at radius 2 is 1.74 bits per heavy atom. The minimum Gasteiger partial charge on any atom is -0.508 e. The zero-order valence-corrected chi connectivity index (χ0v) is 21.2. The van der Waals surface area contributed by atoms with Crippen molar-refractivity contribution in [2.75, 3.05) is 13.7 Å². The smallest absolute Gasteiger partial charge is 0.220 e. The second kappa shape index (κ2) is 11.1.